The van der Waals surface area contributed by atoms with Crippen LogP contribution in [0.2, 0.25) is 0 Å². The van der Waals surface area contributed by atoms with Gasteiger partial charge in [-0.25, -0.2) is 4.84 Å². The summed E-state index contributed by atoms with van der Waals surface area (Å²) < 4.78 is 0. The van der Waals surface area contributed by atoms with Gasteiger partial charge in [0.05, 0.1) is 11.4 Å². The summed E-state index contributed by atoms with van der Waals surface area (Å²) >= 11 is 0. The monoisotopic (exact) mass is 134 g/mol. The van der Waals surface area contributed by atoms with Gasteiger partial charge in [0.2, 0.25) is 0 Å². The standard InChI is InChI=1S/C7H6N2O/c1-2-4-6-5(3-1)8-7-9(6)10-7/h1-4,7-8H. The zero-order chi connectivity index (χ0) is 6.55. The van der Waals surface area contributed by atoms with E-state index in [1.807, 2.05) is 29.3 Å². The van der Waals surface area contributed by atoms with Crippen LogP contribution in [-0.4, -0.2) is 6.35 Å². The van der Waals surface area contributed by atoms with Crippen molar-refractivity contribution in [3.63, 3.8) is 0 Å². The second-order valence-electron chi connectivity index (χ2n) is 2.45. The van der Waals surface area contributed by atoms with E-state index in [0.29, 0.717) is 0 Å². The molecule has 1 fully saturated rings. The molecule has 3 heteroatoms. The number of rotatable bonds is 0. The highest BCUT2D eigenvalue weighted by molar-refractivity contribution is 5.76. The highest BCUT2D eigenvalue weighted by Crippen LogP contribution is 2.42. The van der Waals surface area contributed by atoms with Gasteiger partial charge in [0.1, 0.15) is 0 Å². The van der Waals surface area contributed by atoms with Crippen LogP contribution < -0.4 is 10.4 Å². The second kappa shape index (κ2) is 1.27. The Bertz CT molecular complexity index is 287. The van der Waals surface area contributed by atoms with E-state index in [4.69, 9.17) is 4.84 Å². The fourth-order valence-electron chi connectivity index (χ4n) is 1.27. The first-order chi connectivity index (χ1) is 4.95. The predicted octanol–water partition coefficient (Wildman–Crippen LogP) is 1.15. The zero-order valence-corrected chi connectivity index (χ0v) is 5.24. The summed E-state index contributed by atoms with van der Waals surface area (Å²) in [4.78, 5) is 5.10. The second-order valence-corrected chi connectivity index (χ2v) is 2.45. The summed E-state index contributed by atoms with van der Waals surface area (Å²) in [5.74, 6) is 0. The molecule has 3 rings (SSSR count). The lowest BCUT2D eigenvalue weighted by Gasteiger charge is -1.98. The Labute approximate surface area is 58.2 Å². The smallest absolute Gasteiger partial charge is 0.255 e. The minimum Gasteiger partial charge on any atom is -0.338 e. The lowest BCUT2D eigenvalue weighted by atomic mass is 10.3. The van der Waals surface area contributed by atoms with Crippen LogP contribution in [0.4, 0.5) is 11.4 Å². The van der Waals surface area contributed by atoms with Crippen molar-refractivity contribution >= 4 is 11.4 Å². The molecule has 2 aliphatic heterocycles. The minimum atomic E-state index is 0.123. The van der Waals surface area contributed by atoms with Crippen LogP contribution in [0, 0.1) is 0 Å². The Kier molecular flexibility index (Phi) is 0.581. The van der Waals surface area contributed by atoms with Gasteiger partial charge in [-0.05, 0) is 12.1 Å². The van der Waals surface area contributed by atoms with E-state index >= 15 is 0 Å². The number of hydroxylamine groups is 1. The van der Waals surface area contributed by atoms with Crippen LogP contribution in [0.3, 0.4) is 0 Å². The first-order valence-electron chi connectivity index (χ1n) is 3.27. The molecule has 0 radical (unpaired) electrons. The first kappa shape index (κ1) is 4.57. The number of benzene rings is 1. The van der Waals surface area contributed by atoms with Gasteiger partial charge in [0, 0.05) is 0 Å². The molecule has 0 bridgehead atoms. The summed E-state index contributed by atoms with van der Waals surface area (Å²) in [5, 5.41) is 5.03. The van der Waals surface area contributed by atoms with Gasteiger partial charge < -0.3 is 5.32 Å². The van der Waals surface area contributed by atoms with Crippen LogP contribution in [0.25, 0.3) is 0 Å². The third kappa shape index (κ3) is 0.401. The van der Waals surface area contributed by atoms with Crippen LogP contribution in [0.15, 0.2) is 24.3 Å². The zero-order valence-electron chi connectivity index (χ0n) is 5.24. The summed E-state index contributed by atoms with van der Waals surface area (Å²) in [6, 6.07) is 8.10. The molecule has 2 heterocycles. The maximum atomic E-state index is 5.10. The number of nitrogens with one attached hydrogen (secondary N) is 1. The third-order valence-corrected chi connectivity index (χ3v) is 1.80. The molecule has 0 aliphatic carbocycles. The van der Waals surface area contributed by atoms with E-state index in [0.717, 1.165) is 5.69 Å². The first-order valence-corrected chi connectivity index (χ1v) is 3.27. The largest absolute Gasteiger partial charge is 0.338 e. The highest BCUT2D eigenvalue weighted by Gasteiger charge is 2.44. The molecule has 10 heavy (non-hydrogen) atoms. The molecule has 1 saturated heterocycles. The molecule has 1 aromatic rings. The third-order valence-electron chi connectivity index (χ3n) is 1.80. The maximum Gasteiger partial charge on any atom is 0.255 e. The van der Waals surface area contributed by atoms with Gasteiger partial charge in [-0.2, -0.15) is 5.06 Å². The van der Waals surface area contributed by atoms with Gasteiger partial charge in [0.25, 0.3) is 6.35 Å². The Morgan fingerprint density at radius 2 is 2.30 bits per heavy atom. The summed E-state index contributed by atoms with van der Waals surface area (Å²) in [7, 11) is 0. The molecule has 50 valence electrons. The lowest BCUT2D eigenvalue weighted by molar-refractivity contribution is 0.407. The van der Waals surface area contributed by atoms with Crippen molar-refractivity contribution in [1.29, 1.82) is 0 Å². The molecular weight excluding hydrogens is 128 g/mol. The highest BCUT2D eigenvalue weighted by atomic mass is 16.9. The van der Waals surface area contributed by atoms with E-state index in [1.165, 1.54) is 5.69 Å². The minimum absolute atomic E-state index is 0.123. The van der Waals surface area contributed by atoms with Crippen molar-refractivity contribution < 1.29 is 4.84 Å². The normalized spacial score (nSPS) is 25.2. The molecule has 0 aromatic heterocycles. The molecule has 1 unspecified atom stereocenters. The summed E-state index contributed by atoms with van der Waals surface area (Å²) in [6.07, 6.45) is 0.123. The van der Waals surface area contributed by atoms with Crippen molar-refractivity contribution in [2.24, 2.45) is 0 Å². The van der Waals surface area contributed by atoms with Crippen LogP contribution in [0.1, 0.15) is 0 Å². The number of nitrogens with zero attached hydrogens (tertiary/aromatic N) is 1. The Morgan fingerprint density at radius 1 is 1.40 bits per heavy atom. The van der Waals surface area contributed by atoms with Crippen LogP contribution in [-0.2, 0) is 4.84 Å². The van der Waals surface area contributed by atoms with Gasteiger partial charge in [-0.1, -0.05) is 12.1 Å². The van der Waals surface area contributed by atoms with Gasteiger partial charge in [-0.3, -0.25) is 0 Å². The molecule has 0 saturated carbocycles. The summed E-state index contributed by atoms with van der Waals surface area (Å²) in [5.41, 5.74) is 2.31. The molecule has 1 atom stereocenters. The van der Waals surface area contributed by atoms with Gasteiger partial charge >= 0.3 is 0 Å². The fraction of sp³-hybridized carbons (Fsp3) is 0.143. The molecular formula is C7H6N2O. The Hall–Kier alpha value is -1.22. The van der Waals surface area contributed by atoms with E-state index < -0.39 is 0 Å². The SMILES string of the molecule is c1ccc2c(c1)NC1ON21. The van der Waals surface area contributed by atoms with Crippen molar-refractivity contribution in [1.82, 2.24) is 0 Å². The molecule has 2 aliphatic rings. The van der Waals surface area contributed by atoms with E-state index in [-0.39, 0.29) is 6.35 Å². The van der Waals surface area contributed by atoms with Crippen molar-refractivity contribution in [3.8, 4) is 0 Å². The summed E-state index contributed by atoms with van der Waals surface area (Å²) in [6.45, 7) is 0. The number of para-hydroxylation sites is 2. The van der Waals surface area contributed by atoms with Crippen molar-refractivity contribution in [3.05, 3.63) is 24.3 Å². The quantitative estimate of drug-likeness (QED) is 0.539. The number of anilines is 2. The van der Waals surface area contributed by atoms with E-state index in [9.17, 15) is 0 Å². The Morgan fingerprint density at radius 3 is 3.20 bits per heavy atom. The molecule has 3 nitrogen and oxygen atoms in total. The average molecular weight is 134 g/mol. The molecule has 0 spiro atoms. The van der Waals surface area contributed by atoms with E-state index in [1.54, 1.807) is 0 Å². The van der Waals surface area contributed by atoms with Gasteiger partial charge in [-0.15, -0.1) is 0 Å². The van der Waals surface area contributed by atoms with Gasteiger partial charge in [0.15, 0.2) is 0 Å². The lowest BCUT2D eigenvalue weighted by Crippen LogP contribution is -1.98. The van der Waals surface area contributed by atoms with Crippen molar-refractivity contribution in [2.45, 2.75) is 6.35 Å². The molecule has 1 aromatic carbocycles. The van der Waals surface area contributed by atoms with Crippen LogP contribution >= 0.6 is 0 Å². The topological polar surface area (TPSA) is 27.6 Å². The van der Waals surface area contributed by atoms with Crippen molar-refractivity contribution in [2.75, 3.05) is 10.4 Å². The molecule has 1 N–H and O–H groups in total. The maximum absolute atomic E-state index is 5.10. The predicted molar refractivity (Wildman–Crippen MR) is 37.4 cm³/mol. The Balaban J connectivity index is 2.22. The number of fused-ring (bicyclic) bond motifs is 3. The molecule has 0 amide bonds. The number of hydrogen-bond donors (Lipinski definition) is 1. The fourth-order valence-corrected chi connectivity index (χ4v) is 1.27. The van der Waals surface area contributed by atoms with E-state index in [2.05, 4.69) is 5.32 Å². The average Bonchev–Trinajstić information content (AvgIpc) is 2.64. The van der Waals surface area contributed by atoms with Crippen LogP contribution in [0.5, 0.6) is 0 Å². The number of hydrogen-bond acceptors (Lipinski definition) is 3.